The average molecular weight is 345 g/mol. The first-order valence-corrected chi connectivity index (χ1v) is 9.05. The van der Waals surface area contributed by atoms with Crippen molar-refractivity contribution in [2.24, 2.45) is 11.1 Å². The number of hydrogen-bond acceptors (Lipinski definition) is 4. The SMILES string of the molecule is NCC1(C(=O)NCc2cccc(CN3CCCC3=O)c2)CCOCC1. The smallest absolute Gasteiger partial charge is 0.227 e. The molecule has 2 saturated heterocycles. The Kier molecular flexibility index (Phi) is 5.71. The maximum Gasteiger partial charge on any atom is 0.227 e. The molecule has 3 rings (SSSR count). The molecule has 1 aromatic carbocycles. The molecule has 6 nitrogen and oxygen atoms in total. The Morgan fingerprint density at radius 3 is 2.72 bits per heavy atom. The number of carbonyl (C=O) groups is 2. The largest absolute Gasteiger partial charge is 0.381 e. The van der Waals surface area contributed by atoms with Crippen molar-refractivity contribution >= 4 is 11.8 Å². The summed E-state index contributed by atoms with van der Waals surface area (Å²) < 4.78 is 5.36. The second-order valence-corrected chi connectivity index (χ2v) is 7.02. The minimum atomic E-state index is -0.502. The van der Waals surface area contributed by atoms with E-state index in [0.717, 1.165) is 24.1 Å². The van der Waals surface area contributed by atoms with Gasteiger partial charge in [-0.1, -0.05) is 24.3 Å². The van der Waals surface area contributed by atoms with Crippen molar-refractivity contribution < 1.29 is 14.3 Å². The maximum absolute atomic E-state index is 12.6. The summed E-state index contributed by atoms with van der Waals surface area (Å²) in [6.45, 7) is 3.47. The number of likely N-dealkylation sites (tertiary alicyclic amines) is 1. The van der Waals surface area contributed by atoms with Gasteiger partial charge in [0.05, 0.1) is 5.41 Å². The van der Waals surface area contributed by atoms with Crippen LogP contribution in [0.5, 0.6) is 0 Å². The molecule has 0 atom stereocenters. The number of rotatable bonds is 6. The van der Waals surface area contributed by atoms with E-state index in [-0.39, 0.29) is 11.8 Å². The van der Waals surface area contributed by atoms with Crippen molar-refractivity contribution in [1.82, 2.24) is 10.2 Å². The van der Waals surface area contributed by atoms with Crippen LogP contribution in [-0.2, 0) is 27.4 Å². The standard InChI is InChI=1S/C19H27N3O3/c20-14-19(6-9-25-10-7-19)18(24)21-12-15-3-1-4-16(11-15)13-22-8-2-5-17(22)23/h1,3-4,11H,2,5-10,12-14,20H2,(H,21,24). The van der Waals surface area contributed by atoms with Gasteiger partial charge in [-0.15, -0.1) is 0 Å². The molecule has 2 aliphatic rings. The van der Waals surface area contributed by atoms with Crippen LogP contribution in [-0.4, -0.2) is 43.0 Å². The predicted octanol–water partition coefficient (Wildman–Crippen LogP) is 1.18. The molecule has 2 fully saturated rings. The van der Waals surface area contributed by atoms with E-state index in [1.165, 1.54) is 0 Å². The Bertz CT molecular complexity index is 626. The van der Waals surface area contributed by atoms with Crippen LogP contribution in [0.3, 0.4) is 0 Å². The summed E-state index contributed by atoms with van der Waals surface area (Å²) in [6, 6.07) is 8.06. The van der Waals surface area contributed by atoms with Crippen LogP contribution in [0.4, 0.5) is 0 Å². The third-order valence-electron chi connectivity index (χ3n) is 5.31. The fourth-order valence-corrected chi connectivity index (χ4v) is 3.59. The van der Waals surface area contributed by atoms with Crippen LogP contribution in [0.15, 0.2) is 24.3 Å². The molecule has 2 amide bonds. The summed E-state index contributed by atoms with van der Waals surface area (Å²) in [5, 5.41) is 3.04. The normalized spacial score (nSPS) is 19.9. The molecule has 3 N–H and O–H groups in total. The van der Waals surface area contributed by atoms with Gasteiger partial charge in [0.2, 0.25) is 11.8 Å². The van der Waals surface area contributed by atoms with Gasteiger partial charge < -0.3 is 20.7 Å². The van der Waals surface area contributed by atoms with Crippen LogP contribution in [0.2, 0.25) is 0 Å². The molecule has 2 heterocycles. The van der Waals surface area contributed by atoms with E-state index < -0.39 is 5.41 Å². The number of nitrogens with zero attached hydrogens (tertiary/aromatic N) is 1. The lowest BCUT2D eigenvalue weighted by Crippen LogP contribution is -2.48. The Hall–Kier alpha value is -1.92. The maximum atomic E-state index is 12.6. The van der Waals surface area contributed by atoms with Crippen molar-refractivity contribution in [2.45, 2.75) is 38.8 Å². The fourth-order valence-electron chi connectivity index (χ4n) is 3.59. The third-order valence-corrected chi connectivity index (χ3v) is 5.31. The monoisotopic (exact) mass is 345 g/mol. The summed E-state index contributed by atoms with van der Waals surface area (Å²) in [7, 11) is 0. The number of ether oxygens (including phenoxy) is 1. The molecule has 0 aliphatic carbocycles. The van der Waals surface area contributed by atoms with Crippen molar-refractivity contribution in [2.75, 3.05) is 26.3 Å². The third kappa shape index (κ3) is 4.19. The fraction of sp³-hybridized carbons (Fsp3) is 0.579. The molecule has 0 spiro atoms. The summed E-state index contributed by atoms with van der Waals surface area (Å²) in [5.74, 6) is 0.238. The quantitative estimate of drug-likeness (QED) is 0.811. The van der Waals surface area contributed by atoms with E-state index in [0.29, 0.717) is 52.1 Å². The highest BCUT2D eigenvalue weighted by molar-refractivity contribution is 5.83. The van der Waals surface area contributed by atoms with E-state index in [9.17, 15) is 9.59 Å². The second-order valence-electron chi connectivity index (χ2n) is 7.02. The highest BCUT2D eigenvalue weighted by atomic mass is 16.5. The Morgan fingerprint density at radius 1 is 1.28 bits per heavy atom. The minimum Gasteiger partial charge on any atom is -0.381 e. The summed E-state index contributed by atoms with van der Waals surface area (Å²) in [4.78, 5) is 26.3. The van der Waals surface area contributed by atoms with E-state index in [2.05, 4.69) is 11.4 Å². The summed E-state index contributed by atoms with van der Waals surface area (Å²) >= 11 is 0. The molecule has 1 aromatic rings. The number of benzene rings is 1. The molecule has 0 aromatic heterocycles. The second kappa shape index (κ2) is 7.97. The molecule has 25 heavy (non-hydrogen) atoms. The summed E-state index contributed by atoms with van der Waals surface area (Å²) in [6.07, 6.45) is 2.94. The first kappa shape index (κ1) is 17.9. The zero-order valence-corrected chi connectivity index (χ0v) is 14.6. The molecule has 0 radical (unpaired) electrons. The Morgan fingerprint density at radius 2 is 2.04 bits per heavy atom. The Labute approximate surface area is 148 Å². The van der Waals surface area contributed by atoms with Crippen molar-refractivity contribution in [3.63, 3.8) is 0 Å². The minimum absolute atomic E-state index is 0.0124. The van der Waals surface area contributed by atoms with Gasteiger partial charge in [-0.3, -0.25) is 9.59 Å². The van der Waals surface area contributed by atoms with Gasteiger partial charge in [0, 0.05) is 45.8 Å². The number of carbonyl (C=O) groups excluding carboxylic acids is 2. The van der Waals surface area contributed by atoms with E-state index in [1.54, 1.807) is 0 Å². The van der Waals surface area contributed by atoms with E-state index in [4.69, 9.17) is 10.5 Å². The van der Waals surface area contributed by atoms with E-state index in [1.807, 2.05) is 23.1 Å². The van der Waals surface area contributed by atoms with Crippen LogP contribution in [0.25, 0.3) is 0 Å². The van der Waals surface area contributed by atoms with Crippen molar-refractivity contribution in [3.8, 4) is 0 Å². The van der Waals surface area contributed by atoms with Gasteiger partial charge in [0.25, 0.3) is 0 Å². The first-order valence-electron chi connectivity index (χ1n) is 9.05. The highest BCUT2D eigenvalue weighted by Crippen LogP contribution is 2.29. The van der Waals surface area contributed by atoms with Gasteiger partial charge >= 0.3 is 0 Å². The van der Waals surface area contributed by atoms with Crippen LogP contribution < -0.4 is 11.1 Å². The topological polar surface area (TPSA) is 84.7 Å². The van der Waals surface area contributed by atoms with Gasteiger partial charge in [0.15, 0.2) is 0 Å². The molecular formula is C19H27N3O3. The van der Waals surface area contributed by atoms with Crippen LogP contribution >= 0.6 is 0 Å². The first-order chi connectivity index (χ1) is 12.1. The molecule has 0 unspecified atom stereocenters. The molecule has 6 heteroatoms. The lowest BCUT2D eigenvalue weighted by Gasteiger charge is -2.34. The average Bonchev–Trinajstić information content (AvgIpc) is 3.05. The lowest BCUT2D eigenvalue weighted by atomic mass is 9.79. The lowest BCUT2D eigenvalue weighted by molar-refractivity contribution is -0.136. The molecule has 0 saturated carbocycles. The van der Waals surface area contributed by atoms with E-state index >= 15 is 0 Å². The zero-order chi connectivity index (χ0) is 17.7. The number of amides is 2. The highest BCUT2D eigenvalue weighted by Gasteiger charge is 2.38. The number of nitrogens with two attached hydrogens (primary N) is 1. The van der Waals surface area contributed by atoms with Gasteiger partial charge in [0.1, 0.15) is 0 Å². The van der Waals surface area contributed by atoms with Crippen molar-refractivity contribution in [1.29, 1.82) is 0 Å². The van der Waals surface area contributed by atoms with Gasteiger partial charge in [-0.05, 0) is 30.4 Å². The summed E-state index contributed by atoms with van der Waals surface area (Å²) in [5.41, 5.74) is 7.52. The molecule has 136 valence electrons. The zero-order valence-electron chi connectivity index (χ0n) is 14.6. The molecular weight excluding hydrogens is 318 g/mol. The Balaban J connectivity index is 1.58. The van der Waals surface area contributed by atoms with Gasteiger partial charge in [-0.25, -0.2) is 0 Å². The molecule has 2 aliphatic heterocycles. The van der Waals surface area contributed by atoms with Crippen molar-refractivity contribution in [3.05, 3.63) is 35.4 Å². The number of hydrogen-bond donors (Lipinski definition) is 2. The van der Waals surface area contributed by atoms with Gasteiger partial charge in [-0.2, -0.15) is 0 Å². The predicted molar refractivity (Wildman–Crippen MR) is 94.5 cm³/mol. The van der Waals surface area contributed by atoms with Crippen LogP contribution in [0.1, 0.15) is 36.8 Å². The number of nitrogens with one attached hydrogen (secondary N) is 1. The van der Waals surface area contributed by atoms with Crippen LogP contribution in [0, 0.1) is 5.41 Å². The molecule has 0 bridgehead atoms.